The van der Waals surface area contributed by atoms with Gasteiger partial charge in [0, 0.05) is 37.9 Å². The van der Waals surface area contributed by atoms with E-state index in [-0.39, 0.29) is 23.9 Å². The van der Waals surface area contributed by atoms with Crippen molar-refractivity contribution in [2.24, 2.45) is 17.8 Å². The Morgan fingerprint density at radius 3 is 2.74 bits per heavy atom. The molecule has 2 aliphatic rings. The number of carbonyl (C=O) groups excluding carboxylic acids is 1. The Hall–Kier alpha value is -1.19. The number of nitrogens with zero attached hydrogens (tertiary/aromatic N) is 1. The highest BCUT2D eigenvalue weighted by molar-refractivity contribution is 5.83. The number of hydrogen-bond acceptors (Lipinski definition) is 3. The summed E-state index contributed by atoms with van der Waals surface area (Å²) in [6, 6.07) is 10.3. The van der Waals surface area contributed by atoms with Crippen molar-refractivity contribution in [2.45, 2.75) is 26.0 Å². The molecule has 0 radical (unpaired) electrons. The lowest BCUT2D eigenvalue weighted by molar-refractivity contribution is -0.131. The van der Waals surface area contributed by atoms with E-state index in [4.69, 9.17) is 0 Å². The van der Waals surface area contributed by atoms with E-state index >= 15 is 0 Å². The van der Waals surface area contributed by atoms with E-state index in [1.807, 2.05) is 25.1 Å². The Kier molecular flexibility index (Phi) is 3.42. The Morgan fingerprint density at radius 1 is 1.26 bits per heavy atom. The molecule has 1 aromatic rings. The van der Waals surface area contributed by atoms with Gasteiger partial charge in [-0.1, -0.05) is 37.3 Å². The number of benzene rings is 1. The molecular weight excluding hydrogens is 238 g/mol. The van der Waals surface area contributed by atoms with Gasteiger partial charge in [-0.2, -0.15) is 0 Å². The van der Waals surface area contributed by atoms with E-state index in [9.17, 15) is 9.90 Å². The molecule has 1 N–H and O–H groups in total. The third-order valence-electron chi connectivity index (χ3n) is 4.65. The number of likely N-dealkylation sites (tertiary alicyclic amines) is 1. The molecule has 1 saturated heterocycles. The SMILES string of the molecule is C[C@H]1CC(=O)[C@@H]2CN(Cc3ccccc3)C[C@@H]2[C@H]1O. The van der Waals surface area contributed by atoms with E-state index in [0.29, 0.717) is 12.2 Å². The zero-order valence-electron chi connectivity index (χ0n) is 11.3. The van der Waals surface area contributed by atoms with Crippen LogP contribution in [0, 0.1) is 17.8 Å². The number of aliphatic hydroxyl groups is 1. The first-order valence-corrected chi connectivity index (χ1v) is 7.12. The Labute approximate surface area is 114 Å². The summed E-state index contributed by atoms with van der Waals surface area (Å²) in [5.41, 5.74) is 1.27. The van der Waals surface area contributed by atoms with Gasteiger partial charge in [-0.05, 0) is 11.5 Å². The largest absolute Gasteiger partial charge is 0.392 e. The molecule has 3 nitrogen and oxygen atoms in total. The molecule has 0 spiro atoms. The lowest BCUT2D eigenvalue weighted by Gasteiger charge is -2.33. The minimum Gasteiger partial charge on any atom is -0.392 e. The summed E-state index contributed by atoms with van der Waals surface area (Å²) in [4.78, 5) is 14.4. The van der Waals surface area contributed by atoms with Crippen LogP contribution >= 0.6 is 0 Å². The molecule has 1 aliphatic heterocycles. The molecule has 3 heteroatoms. The zero-order chi connectivity index (χ0) is 13.4. The molecule has 1 aliphatic carbocycles. The smallest absolute Gasteiger partial charge is 0.138 e. The summed E-state index contributed by atoms with van der Waals surface area (Å²) in [6.45, 7) is 4.51. The van der Waals surface area contributed by atoms with Crippen LogP contribution in [0.3, 0.4) is 0 Å². The maximum absolute atomic E-state index is 12.1. The zero-order valence-corrected chi connectivity index (χ0v) is 11.3. The predicted octanol–water partition coefficient (Wildman–Crippen LogP) is 1.70. The summed E-state index contributed by atoms with van der Waals surface area (Å²) in [5, 5.41) is 10.3. The van der Waals surface area contributed by atoms with Crippen LogP contribution in [0.2, 0.25) is 0 Å². The maximum Gasteiger partial charge on any atom is 0.138 e. The number of ketones is 1. The molecule has 4 atom stereocenters. The van der Waals surface area contributed by atoms with Crippen molar-refractivity contribution in [3.63, 3.8) is 0 Å². The lowest BCUT2D eigenvalue weighted by Crippen LogP contribution is -2.42. The summed E-state index contributed by atoms with van der Waals surface area (Å²) in [5.74, 6) is 0.652. The van der Waals surface area contributed by atoms with Crippen LogP contribution in [0.5, 0.6) is 0 Å². The Bertz CT molecular complexity index is 459. The van der Waals surface area contributed by atoms with Crippen LogP contribution in [0.4, 0.5) is 0 Å². The molecule has 102 valence electrons. The fourth-order valence-corrected chi connectivity index (χ4v) is 3.58. The van der Waals surface area contributed by atoms with Gasteiger partial charge in [-0.25, -0.2) is 0 Å². The normalized spacial score (nSPS) is 35.4. The number of hydrogen-bond donors (Lipinski definition) is 1. The van der Waals surface area contributed by atoms with Crippen molar-refractivity contribution >= 4 is 5.78 Å². The quantitative estimate of drug-likeness (QED) is 0.879. The van der Waals surface area contributed by atoms with Crippen molar-refractivity contribution in [2.75, 3.05) is 13.1 Å². The lowest BCUT2D eigenvalue weighted by atomic mass is 9.73. The van der Waals surface area contributed by atoms with Gasteiger partial charge < -0.3 is 5.11 Å². The first kappa shape index (κ1) is 12.8. The second kappa shape index (κ2) is 5.06. The maximum atomic E-state index is 12.1. The average molecular weight is 259 g/mol. The molecule has 0 amide bonds. The van der Waals surface area contributed by atoms with Crippen LogP contribution < -0.4 is 0 Å². The van der Waals surface area contributed by atoms with E-state index in [0.717, 1.165) is 19.6 Å². The highest BCUT2D eigenvalue weighted by Gasteiger charge is 2.46. The minimum absolute atomic E-state index is 0.0508. The number of Topliss-reactive ketones (excluding diaryl/α,β-unsaturated/α-hetero) is 1. The van der Waals surface area contributed by atoms with Crippen LogP contribution in [0.25, 0.3) is 0 Å². The van der Waals surface area contributed by atoms with Gasteiger partial charge in [0.15, 0.2) is 0 Å². The van der Waals surface area contributed by atoms with Gasteiger partial charge in [-0.15, -0.1) is 0 Å². The Morgan fingerprint density at radius 2 is 2.00 bits per heavy atom. The number of aliphatic hydroxyl groups excluding tert-OH is 1. The standard InChI is InChI=1S/C16H21NO2/c1-11-7-15(18)13-9-17(10-14(13)16(11)19)8-12-5-3-2-4-6-12/h2-6,11,13-14,16,19H,7-10H2,1H3/t11-,13+,14-,16-/m0/s1. The predicted molar refractivity (Wildman–Crippen MR) is 73.5 cm³/mol. The van der Waals surface area contributed by atoms with Crippen LogP contribution in [0.15, 0.2) is 30.3 Å². The monoisotopic (exact) mass is 259 g/mol. The summed E-state index contributed by atoms with van der Waals surface area (Å²) < 4.78 is 0. The molecule has 0 aromatic heterocycles. The van der Waals surface area contributed by atoms with E-state index in [2.05, 4.69) is 17.0 Å². The molecule has 2 fully saturated rings. The fraction of sp³-hybridized carbons (Fsp3) is 0.562. The first-order valence-electron chi connectivity index (χ1n) is 7.12. The molecule has 1 saturated carbocycles. The topological polar surface area (TPSA) is 40.5 Å². The molecule has 0 unspecified atom stereocenters. The minimum atomic E-state index is -0.316. The molecule has 0 bridgehead atoms. The van der Waals surface area contributed by atoms with Crippen molar-refractivity contribution < 1.29 is 9.90 Å². The summed E-state index contributed by atoms with van der Waals surface area (Å²) >= 11 is 0. The molecule has 1 aromatic carbocycles. The van der Waals surface area contributed by atoms with Gasteiger partial charge in [0.1, 0.15) is 5.78 Å². The van der Waals surface area contributed by atoms with Crippen molar-refractivity contribution in [1.29, 1.82) is 0 Å². The van der Waals surface area contributed by atoms with Gasteiger partial charge in [0.2, 0.25) is 0 Å². The van der Waals surface area contributed by atoms with Crippen molar-refractivity contribution in [1.82, 2.24) is 4.90 Å². The Balaban J connectivity index is 1.70. The highest BCUT2D eigenvalue weighted by atomic mass is 16.3. The second-order valence-corrected chi connectivity index (χ2v) is 6.09. The molecular formula is C16H21NO2. The van der Waals surface area contributed by atoms with E-state index in [1.165, 1.54) is 5.56 Å². The van der Waals surface area contributed by atoms with Crippen LogP contribution in [-0.4, -0.2) is 35.0 Å². The van der Waals surface area contributed by atoms with E-state index < -0.39 is 0 Å². The average Bonchev–Trinajstić information content (AvgIpc) is 2.82. The van der Waals surface area contributed by atoms with Crippen LogP contribution in [0.1, 0.15) is 18.9 Å². The van der Waals surface area contributed by atoms with Gasteiger partial charge in [0.25, 0.3) is 0 Å². The van der Waals surface area contributed by atoms with Crippen LogP contribution in [-0.2, 0) is 11.3 Å². The number of fused-ring (bicyclic) bond motifs is 1. The van der Waals surface area contributed by atoms with Gasteiger partial charge >= 0.3 is 0 Å². The third-order valence-corrected chi connectivity index (χ3v) is 4.65. The highest BCUT2D eigenvalue weighted by Crippen LogP contribution is 2.37. The van der Waals surface area contributed by atoms with E-state index in [1.54, 1.807) is 0 Å². The number of carbonyl (C=O) groups is 1. The summed E-state index contributed by atoms with van der Waals surface area (Å²) in [7, 11) is 0. The second-order valence-electron chi connectivity index (χ2n) is 6.09. The first-order chi connectivity index (χ1) is 9.15. The third kappa shape index (κ3) is 2.45. The van der Waals surface area contributed by atoms with Gasteiger partial charge in [-0.3, -0.25) is 9.69 Å². The molecule has 3 rings (SSSR count). The molecule has 1 heterocycles. The fourth-order valence-electron chi connectivity index (χ4n) is 3.58. The van der Waals surface area contributed by atoms with Crippen molar-refractivity contribution in [3.05, 3.63) is 35.9 Å². The summed E-state index contributed by atoms with van der Waals surface area (Å²) in [6.07, 6.45) is 0.227. The van der Waals surface area contributed by atoms with Gasteiger partial charge in [0.05, 0.1) is 6.10 Å². The molecule has 19 heavy (non-hydrogen) atoms. The van der Waals surface area contributed by atoms with Crippen molar-refractivity contribution in [3.8, 4) is 0 Å². The number of rotatable bonds is 2.